The van der Waals surface area contributed by atoms with E-state index in [9.17, 15) is 13.0 Å². The van der Waals surface area contributed by atoms with Crippen LogP contribution in [-0.4, -0.2) is 32.8 Å². The SMILES string of the molecule is CCCCOc1cccc2c(OCCCOS(=O)(=O)[O-])cccc12.[Na+]. The molecule has 0 saturated carbocycles. The smallest absolute Gasteiger partial charge is 0.726 e. The zero-order valence-corrected chi connectivity index (χ0v) is 17.4. The summed E-state index contributed by atoms with van der Waals surface area (Å²) in [6, 6.07) is 11.5. The second kappa shape index (κ2) is 11.0. The third-order valence-corrected chi connectivity index (χ3v) is 3.83. The van der Waals surface area contributed by atoms with Crippen LogP contribution in [0, 0.1) is 0 Å². The Labute approximate surface area is 170 Å². The van der Waals surface area contributed by atoms with Gasteiger partial charge in [-0.15, -0.1) is 0 Å². The number of hydrogen-bond donors (Lipinski definition) is 0. The number of ether oxygens (including phenoxy) is 2. The number of benzene rings is 2. The fourth-order valence-corrected chi connectivity index (χ4v) is 2.55. The third kappa shape index (κ3) is 7.52. The molecule has 0 aliphatic rings. The molecule has 0 N–H and O–H groups in total. The van der Waals surface area contributed by atoms with Crippen LogP contribution in [0.4, 0.5) is 0 Å². The first-order valence-electron chi connectivity index (χ1n) is 7.89. The normalized spacial score (nSPS) is 11.1. The first kappa shape index (κ1) is 22.2. The van der Waals surface area contributed by atoms with Crippen LogP contribution in [0.2, 0.25) is 0 Å². The molecule has 0 aliphatic heterocycles. The Morgan fingerprint density at radius 1 is 0.880 bits per heavy atom. The van der Waals surface area contributed by atoms with Crippen molar-refractivity contribution in [1.82, 2.24) is 0 Å². The van der Waals surface area contributed by atoms with Crippen molar-refractivity contribution in [1.29, 1.82) is 0 Å². The predicted molar refractivity (Wildman–Crippen MR) is 90.1 cm³/mol. The molecule has 2 rings (SSSR count). The predicted octanol–water partition coefficient (Wildman–Crippen LogP) is 0.268. The van der Waals surface area contributed by atoms with Gasteiger partial charge in [0.05, 0.1) is 19.8 Å². The Hall–Kier alpha value is -0.830. The summed E-state index contributed by atoms with van der Waals surface area (Å²) in [5.74, 6) is 1.49. The van der Waals surface area contributed by atoms with E-state index in [4.69, 9.17) is 9.47 Å². The Balaban J connectivity index is 0.00000312. The van der Waals surface area contributed by atoms with Gasteiger partial charge in [0.2, 0.25) is 10.4 Å². The summed E-state index contributed by atoms with van der Waals surface area (Å²) in [7, 11) is -4.64. The van der Waals surface area contributed by atoms with Gasteiger partial charge in [0.1, 0.15) is 11.5 Å². The van der Waals surface area contributed by atoms with Crippen LogP contribution in [0.5, 0.6) is 11.5 Å². The second-order valence-electron chi connectivity index (χ2n) is 5.24. The molecule has 0 saturated heterocycles. The van der Waals surface area contributed by atoms with E-state index in [1.165, 1.54) is 0 Å². The van der Waals surface area contributed by atoms with E-state index < -0.39 is 10.4 Å². The average molecular weight is 376 g/mol. The number of unbranched alkanes of at least 4 members (excludes halogenated alkanes) is 1. The van der Waals surface area contributed by atoms with Gasteiger partial charge in [-0.05, 0) is 18.6 Å². The van der Waals surface area contributed by atoms with Gasteiger partial charge in [-0.1, -0.05) is 37.6 Å². The topological polar surface area (TPSA) is 84.9 Å². The maximum Gasteiger partial charge on any atom is 1.00 e. The molecule has 0 aliphatic carbocycles. The largest absolute Gasteiger partial charge is 1.00 e. The van der Waals surface area contributed by atoms with E-state index in [2.05, 4.69) is 11.1 Å². The standard InChI is InChI=1S/C17H22O6S.Na/c1-2-3-11-21-16-9-4-8-15-14(16)7-5-10-17(15)22-12-6-13-23-24(18,19)20;/h4-5,7-10H,2-3,6,11-13H2,1H3,(H,18,19,20);/q;+1/p-1. The van der Waals surface area contributed by atoms with Crippen molar-refractivity contribution in [3.63, 3.8) is 0 Å². The second-order valence-corrected chi connectivity index (χ2v) is 6.29. The number of hydrogen-bond acceptors (Lipinski definition) is 6. The van der Waals surface area contributed by atoms with Crippen molar-refractivity contribution >= 4 is 21.2 Å². The molecule has 0 heterocycles. The Morgan fingerprint density at radius 3 is 1.88 bits per heavy atom. The molecule has 132 valence electrons. The summed E-state index contributed by atoms with van der Waals surface area (Å²) in [5, 5.41) is 1.88. The van der Waals surface area contributed by atoms with Gasteiger partial charge in [0.15, 0.2) is 0 Å². The van der Waals surface area contributed by atoms with Crippen LogP contribution in [0.3, 0.4) is 0 Å². The average Bonchev–Trinajstić information content (AvgIpc) is 2.54. The van der Waals surface area contributed by atoms with Crippen molar-refractivity contribution in [2.45, 2.75) is 26.2 Å². The first-order chi connectivity index (χ1) is 11.5. The minimum absolute atomic E-state index is 0. The van der Waals surface area contributed by atoms with Crippen molar-refractivity contribution < 1.29 is 56.2 Å². The maximum atomic E-state index is 10.4. The van der Waals surface area contributed by atoms with Gasteiger partial charge in [0.25, 0.3) is 0 Å². The number of rotatable bonds is 10. The van der Waals surface area contributed by atoms with Crippen LogP contribution in [-0.2, 0) is 14.6 Å². The molecule has 8 heteroatoms. The van der Waals surface area contributed by atoms with Gasteiger partial charge < -0.3 is 14.0 Å². The van der Waals surface area contributed by atoms with Gasteiger partial charge in [-0.25, -0.2) is 8.42 Å². The fourth-order valence-electron chi connectivity index (χ4n) is 2.23. The van der Waals surface area contributed by atoms with Crippen molar-refractivity contribution in [3.8, 4) is 11.5 Å². The van der Waals surface area contributed by atoms with E-state index in [-0.39, 0.29) is 42.8 Å². The molecule has 25 heavy (non-hydrogen) atoms. The summed E-state index contributed by atoms with van der Waals surface area (Å²) in [6.07, 6.45) is 2.36. The van der Waals surface area contributed by atoms with Crippen LogP contribution in [0.25, 0.3) is 10.8 Å². The minimum atomic E-state index is -4.64. The zero-order valence-electron chi connectivity index (χ0n) is 14.6. The molecular formula is C17H21NaO6S. The Bertz CT molecular complexity index is 763. The molecule has 0 aromatic heterocycles. The van der Waals surface area contributed by atoms with Gasteiger partial charge >= 0.3 is 29.6 Å². The molecule has 0 spiro atoms. The van der Waals surface area contributed by atoms with E-state index in [1.807, 2.05) is 36.4 Å². The van der Waals surface area contributed by atoms with Crippen molar-refractivity contribution in [2.75, 3.05) is 19.8 Å². The van der Waals surface area contributed by atoms with E-state index in [0.717, 1.165) is 29.4 Å². The van der Waals surface area contributed by atoms with Crippen LogP contribution in [0.15, 0.2) is 36.4 Å². The van der Waals surface area contributed by atoms with Crippen LogP contribution < -0.4 is 39.0 Å². The Kier molecular flexibility index (Phi) is 9.78. The molecule has 0 bridgehead atoms. The minimum Gasteiger partial charge on any atom is -0.726 e. The molecule has 0 atom stereocenters. The summed E-state index contributed by atoms with van der Waals surface area (Å²) in [6.45, 7) is 2.83. The summed E-state index contributed by atoms with van der Waals surface area (Å²) < 4.78 is 46.7. The summed E-state index contributed by atoms with van der Waals surface area (Å²) >= 11 is 0. The van der Waals surface area contributed by atoms with Crippen molar-refractivity contribution in [3.05, 3.63) is 36.4 Å². The molecular weight excluding hydrogens is 355 g/mol. The summed E-state index contributed by atoms with van der Waals surface area (Å²) in [4.78, 5) is 0. The molecule has 0 fully saturated rings. The van der Waals surface area contributed by atoms with E-state index in [1.54, 1.807) is 0 Å². The third-order valence-electron chi connectivity index (χ3n) is 3.37. The number of fused-ring (bicyclic) bond motifs is 1. The molecule has 0 amide bonds. The molecule has 0 unspecified atom stereocenters. The van der Waals surface area contributed by atoms with Crippen molar-refractivity contribution in [2.24, 2.45) is 0 Å². The molecule has 2 aromatic carbocycles. The summed E-state index contributed by atoms with van der Waals surface area (Å²) in [5.41, 5.74) is 0. The molecule has 6 nitrogen and oxygen atoms in total. The molecule has 2 aromatic rings. The molecule has 0 radical (unpaired) electrons. The van der Waals surface area contributed by atoms with Crippen LogP contribution >= 0.6 is 0 Å². The quantitative estimate of drug-likeness (QED) is 0.256. The van der Waals surface area contributed by atoms with Gasteiger partial charge in [0, 0.05) is 17.2 Å². The van der Waals surface area contributed by atoms with Crippen LogP contribution in [0.1, 0.15) is 26.2 Å². The Morgan fingerprint density at radius 2 is 1.40 bits per heavy atom. The first-order valence-corrected chi connectivity index (χ1v) is 9.22. The van der Waals surface area contributed by atoms with E-state index in [0.29, 0.717) is 18.8 Å². The maximum absolute atomic E-state index is 10.4. The van der Waals surface area contributed by atoms with Gasteiger partial charge in [-0.2, -0.15) is 0 Å². The monoisotopic (exact) mass is 376 g/mol. The fraction of sp³-hybridized carbons (Fsp3) is 0.412. The van der Waals surface area contributed by atoms with Gasteiger partial charge in [-0.3, -0.25) is 4.18 Å². The van der Waals surface area contributed by atoms with E-state index >= 15 is 0 Å². The zero-order chi connectivity index (χ0) is 17.4.